The smallest absolute Gasteiger partial charge is 0.0623 e. The van der Waals surface area contributed by atoms with Gasteiger partial charge in [0.25, 0.3) is 0 Å². The van der Waals surface area contributed by atoms with Crippen LogP contribution < -0.4 is 10.6 Å². The second-order valence-electron chi connectivity index (χ2n) is 7.01. The molecule has 2 heteroatoms. The third-order valence-electron chi connectivity index (χ3n) is 4.85. The molecule has 2 nitrogen and oxygen atoms in total. The fourth-order valence-electron chi connectivity index (χ4n) is 3.51. The van der Waals surface area contributed by atoms with Crippen molar-refractivity contribution in [1.82, 2.24) is 0 Å². The largest absolute Gasteiger partial charge is 0.354 e. The third-order valence-corrected chi connectivity index (χ3v) is 4.85. The molecule has 0 fully saturated rings. The first-order valence-corrected chi connectivity index (χ1v) is 10.5. The quantitative estimate of drug-likeness (QED) is 0.434. The van der Waals surface area contributed by atoms with E-state index in [4.69, 9.17) is 0 Å². The molecule has 0 heterocycles. The molecular weight excluding hydrogens is 340 g/mol. The lowest BCUT2D eigenvalue weighted by Gasteiger charge is -2.24. The van der Waals surface area contributed by atoms with Gasteiger partial charge in [-0.05, 0) is 54.2 Å². The summed E-state index contributed by atoms with van der Waals surface area (Å²) in [6.07, 6.45) is 1.14. The summed E-state index contributed by atoms with van der Waals surface area (Å²) in [5, 5.41) is 7.18. The second-order valence-corrected chi connectivity index (χ2v) is 7.01. The normalized spacial score (nSPS) is 11.4. The van der Waals surface area contributed by atoms with E-state index >= 15 is 0 Å². The lowest BCUT2D eigenvalue weighted by atomic mass is 9.85. The fraction of sp³-hybridized carbons (Fsp3) is 0.308. The summed E-state index contributed by atoms with van der Waals surface area (Å²) >= 11 is 0. The van der Waals surface area contributed by atoms with Crippen molar-refractivity contribution in [3.63, 3.8) is 0 Å². The number of nitrogens with one attached hydrogen (secondary N) is 2. The van der Waals surface area contributed by atoms with Crippen molar-refractivity contribution in [3.05, 3.63) is 84.4 Å². The van der Waals surface area contributed by atoms with Gasteiger partial charge < -0.3 is 10.6 Å². The van der Waals surface area contributed by atoms with Crippen molar-refractivity contribution in [2.24, 2.45) is 5.92 Å². The third kappa shape index (κ3) is 5.63. The Hall–Kier alpha value is -2.74. The number of hydrogen-bond acceptors (Lipinski definition) is 2. The number of hydrogen-bond donors (Lipinski definition) is 2. The molecule has 2 N–H and O–H groups in total. The van der Waals surface area contributed by atoms with Crippen molar-refractivity contribution in [1.29, 1.82) is 0 Å². The van der Waals surface area contributed by atoms with Gasteiger partial charge in [-0.2, -0.15) is 0 Å². The minimum Gasteiger partial charge on any atom is -0.354 e. The molecule has 0 spiro atoms. The molecule has 0 amide bonds. The molecule has 3 rings (SSSR count). The van der Waals surface area contributed by atoms with Gasteiger partial charge in [0, 0.05) is 11.4 Å². The molecule has 28 heavy (non-hydrogen) atoms. The molecule has 1 atom stereocenters. The molecule has 0 aliphatic rings. The molecule has 0 aromatic heterocycles. The van der Waals surface area contributed by atoms with E-state index in [1.54, 1.807) is 0 Å². The number of rotatable bonds is 7. The molecule has 0 radical (unpaired) electrons. The Labute approximate surface area is 171 Å². The van der Waals surface area contributed by atoms with Crippen LogP contribution in [0, 0.1) is 5.92 Å². The highest BCUT2D eigenvalue weighted by Crippen LogP contribution is 2.36. The zero-order valence-electron chi connectivity index (χ0n) is 17.9. The average molecular weight is 375 g/mol. The van der Waals surface area contributed by atoms with E-state index in [0.29, 0.717) is 11.8 Å². The monoisotopic (exact) mass is 374 g/mol. The maximum absolute atomic E-state index is 3.67. The van der Waals surface area contributed by atoms with Crippen molar-refractivity contribution in [2.75, 3.05) is 10.6 Å². The lowest BCUT2D eigenvalue weighted by Crippen LogP contribution is -2.08. The zero-order valence-corrected chi connectivity index (χ0v) is 17.9. The molecule has 3 aromatic carbocycles. The van der Waals surface area contributed by atoms with Crippen LogP contribution in [0.25, 0.3) is 0 Å². The average Bonchev–Trinajstić information content (AvgIpc) is 2.73. The maximum atomic E-state index is 3.67. The molecular formula is C26H34N2. The maximum Gasteiger partial charge on any atom is 0.0623 e. The summed E-state index contributed by atoms with van der Waals surface area (Å²) < 4.78 is 0. The highest BCUT2D eigenvalue weighted by atomic mass is 15.0. The number of para-hydroxylation sites is 4. The van der Waals surface area contributed by atoms with Gasteiger partial charge in [-0.3, -0.25) is 0 Å². The summed E-state index contributed by atoms with van der Waals surface area (Å²) in [4.78, 5) is 0. The van der Waals surface area contributed by atoms with Gasteiger partial charge >= 0.3 is 0 Å². The van der Waals surface area contributed by atoms with E-state index < -0.39 is 0 Å². The van der Waals surface area contributed by atoms with E-state index in [9.17, 15) is 0 Å². The van der Waals surface area contributed by atoms with Crippen LogP contribution in [0.3, 0.4) is 0 Å². The predicted molar refractivity (Wildman–Crippen MR) is 125 cm³/mol. The van der Waals surface area contributed by atoms with Crippen LogP contribution in [0.5, 0.6) is 0 Å². The minimum atomic E-state index is 0.549. The molecule has 1 unspecified atom stereocenters. The van der Waals surface area contributed by atoms with Gasteiger partial charge in [-0.1, -0.05) is 83.1 Å². The topological polar surface area (TPSA) is 24.1 Å². The van der Waals surface area contributed by atoms with Crippen LogP contribution in [0.1, 0.15) is 52.5 Å². The number of benzene rings is 3. The van der Waals surface area contributed by atoms with Crippen LogP contribution in [-0.2, 0) is 0 Å². The Kier molecular flexibility index (Phi) is 8.61. The van der Waals surface area contributed by atoms with Crippen LogP contribution >= 0.6 is 0 Å². The first-order valence-electron chi connectivity index (χ1n) is 10.5. The minimum absolute atomic E-state index is 0.549. The highest BCUT2D eigenvalue weighted by Gasteiger charge is 2.17. The van der Waals surface area contributed by atoms with Crippen LogP contribution in [0.4, 0.5) is 22.7 Å². The molecule has 3 aromatic rings. The first kappa shape index (κ1) is 21.6. The Bertz CT molecular complexity index is 825. The fourth-order valence-corrected chi connectivity index (χ4v) is 3.51. The first-order chi connectivity index (χ1) is 13.7. The SMILES string of the molecule is CC.CCC(c1ccccc1Nc1ccccc1Nc1ccccc1)C(C)C. The van der Waals surface area contributed by atoms with Gasteiger partial charge in [0.05, 0.1) is 11.4 Å². The van der Waals surface area contributed by atoms with Crippen LogP contribution in [-0.4, -0.2) is 0 Å². The standard InChI is InChI=1S/C24H28N2.C2H6/c1-4-20(18(2)3)21-14-8-9-15-22(21)26-24-17-11-10-16-23(24)25-19-12-6-5-7-13-19;1-2/h5-18,20,25-26H,4H2,1-3H3;1-2H3. The summed E-state index contributed by atoms with van der Waals surface area (Å²) in [7, 11) is 0. The van der Waals surface area contributed by atoms with Gasteiger partial charge in [-0.15, -0.1) is 0 Å². The molecule has 0 aliphatic heterocycles. The molecule has 0 aliphatic carbocycles. The summed E-state index contributed by atoms with van der Waals surface area (Å²) in [6.45, 7) is 10.9. The van der Waals surface area contributed by atoms with Gasteiger partial charge in [0.15, 0.2) is 0 Å². The highest BCUT2D eigenvalue weighted by molar-refractivity contribution is 5.79. The van der Waals surface area contributed by atoms with Crippen molar-refractivity contribution < 1.29 is 0 Å². The van der Waals surface area contributed by atoms with Crippen LogP contribution in [0.15, 0.2) is 78.9 Å². The second kappa shape index (κ2) is 11.2. The molecule has 148 valence electrons. The van der Waals surface area contributed by atoms with Crippen molar-refractivity contribution in [3.8, 4) is 0 Å². The Morgan fingerprint density at radius 2 is 1.14 bits per heavy atom. The Balaban J connectivity index is 0.00000136. The zero-order chi connectivity index (χ0) is 20.4. The number of anilines is 4. The van der Waals surface area contributed by atoms with Crippen molar-refractivity contribution in [2.45, 2.75) is 47.0 Å². The molecule has 0 saturated heterocycles. The molecule has 0 saturated carbocycles. The lowest BCUT2D eigenvalue weighted by molar-refractivity contribution is 0.486. The summed E-state index contributed by atoms with van der Waals surface area (Å²) in [5.41, 5.74) is 5.83. The Morgan fingerprint density at radius 3 is 1.71 bits per heavy atom. The predicted octanol–water partition coefficient (Wildman–Crippen LogP) is 8.35. The van der Waals surface area contributed by atoms with Crippen molar-refractivity contribution >= 4 is 22.7 Å². The summed E-state index contributed by atoms with van der Waals surface area (Å²) in [6, 6.07) is 27.3. The van der Waals surface area contributed by atoms with E-state index in [1.165, 1.54) is 11.3 Å². The van der Waals surface area contributed by atoms with E-state index in [0.717, 1.165) is 23.5 Å². The van der Waals surface area contributed by atoms with Gasteiger partial charge in [0.2, 0.25) is 0 Å². The van der Waals surface area contributed by atoms with Gasteiger partial charge in [0.1, 0.15) is 0 Å². The Morgan fingerprint density at radius 1 is 0.643 bits per heavy atom. The van der Waals surface area contributed by atoms with E-state index in [2.05, 4.69) is 92.1 Å². The van der Waals surface area contributed by atoms with E-state index in [-0.39, 0.29) is 0 Å². The van der Waals surface area contributed by atoms with Gasteiger partial charge in [-0.25, -0.2) is 0 Å². The summed E-state index contributed by atoms with van der Waals surface area (Å²) in [5.74, 6) is 1.16. The van der Waals surface area contributed by atoms with Crippen LogP contribution in [0.2, 0.25) is 0 Å². The van der Waals surface area contributed by atoms with E-state index in [1.807, 2.05) is 32.0 Å². The molecule has 0 bridgehead atoms.